The zero-order valence-corrected chi connectivity index (χ0v) is 10.5. The maximum atomic E-state index is 13.2. The van der Waals surface area contributed by atoms with Gasteiger partial charge >= 0.3 is 0 Å². The van der Waals surface area contributed by atoms with E-state index in [1.165, 1.54) is 18.2 Å². The smallest absolute Gasteiger partial charge is 0.195 e. The first-order valence-electron chi connectivity index (χ1n) is 5.72. The van der Waals surface area contributed by atoms with Crippen LogP contribution in [0.5, 0.6) is 0 Å². The van der Waals surface area contributed by atoms with Crippen LogP contribution in [0.15, 0.2) is 48.7 Å². The van der Waals surface area contributed by atoms with E-state index in [9.17, 15) is 9.18 Å². The van der Waals surface area contributed by atoms with Crippen LogP contribution in [-0.4, -0.2) is 10.8 Å². The summed E-state index contributed by atoms with van der Waals surface area (Å²) < 4.78 is 13.2. The van der Waals surface area contributed by atoms with Crippen molar-refractivity contribution in [2.45, 2.75) is 0 Å². The molecule has 0 amide bonds. The number of benzene rings is 2. The SMILES string of the molecule is O=C(c1cccc(F)c1)c1c[nH]c2cccc(Cl)c12. The van der Waals surface area contributed by atoms with Gasteiger partial charge < -0.3 is 4.98 Å². The van der Waals surface area contributed by atoms with E-state index < -0.39 is 5.82 Å². The third kappa shape index (κ3) is 2.02. The summed E-state index contributed by atoms with van der Waals surface area (Å²) in [4.78, 5) is 15.4. The lowest BCUT2D eigenvalue weighted by molar-refractivity contribution is 0.104. The van der Waals surface area contributed by atoms with Crippen molar-refractivity contribution in [2.75, 3.05) is 0 Å². The standard InChI is InChI=1S/C15H9ClFNO/c16-12-5-2-6-13-14(12)11(8-18-13)15(19)9-3-1-4-10(17)7-9/h1-8,18H. The molecule has 0 saturated heterocycles. The first-order valence-corrected chi connectivity index (χ1v) is 6.10. The number of halogens is 2. The molecule has 1 aromatic heterocycles. The summed E-state index contributed by atoms with van der Waals surface area (Å²) in [6, 6.07) is 11.0. The number of aromatic amines is 1. The third-order valence-electron chi connectivity index (χ3n) is 2.99. The van der Waals surface area contributed by atoms with Gasteiger partial charge in [0.15, 0.2) is 5.78 Å². The Labute approximate surface area is 113 Å². The van der Waals surface area contributed by atoms with E-state index in [1.807, 2.05) is 6.07 Å². The summed E-state index contributed by atoms with van der Waals surface area (Å²) >= 11 is 6.12. The lowest BCUT2D eigenvalue weighted by Gasteiger charge is -2.01. The monoisotopic (exact) mass is 273 g/mol. The normalized spacial score (nSPS) is 10.8. The third-order valence-corrected chi connectivity index (χ3v) is 3.30. The van der Waals surface area contributed by atoms with Crippen molar-refractivity contribution in [1.29, 1.82) is 0 Å². The number of hydrogen-bond acceptors (Lipinski definition) is 1. The molecule has 0 aliphatic rings. The number of rotatable bonds is 2. The molecular formula is C15H9ClFNO. The Bertz CT molecular complexity index is 779. The van der Waals surface area contributed by atoms with E-state index in [4.69, 9.17) is 11.6 Å². The maximum Gasteiger partial charge on any atom is 0.195 e. The second kappa shape index (κ2) is 4.52. The summed E-state index contributed by atoms with van der Waals surface area (Å²) in [6.45, 7) is 0. The van der Waals surface area contributed by atoms with Gasteiger partial charge in [0.05, 0.1) is 5.02 Å². The van der Waals surface area contributed by atoms with Crippen LogP contribution in [0.1, 0.15) is 15.9 Å². The number of hydrogen-bond donors (Lipinski definition) is 1. The quantitative estimate of drug-likeness (QED) is 0.698. The Morgan fingerprint density at radius 1 is 1.16 bits per heavy atom. The molecule has 2 aromatic carbocycles. The Morgan fingerprint density at radius 2 is 1.95 bits per heavy atom. The highest BCUT2D eigenvalue weighted by Crippen LogP contribution is 2.28. The molecule has 0 bridgehead atoms. The predicted octanol–water partition coefficient (Wildman–Crippen LogP) is 4.19. The van der Waals surface area contributed by atoms with Gasteiger partial charge in [-0.25, -0.2) is 4.39 Å². The average molecular weight is 274 g/mol. The van der Waals surface area contributed by atoms with E-state index >= 15 is 0 Å². The molecule has 19 heavy (non-hydrogen) atoms. The van der Waals surface area contributed by atoms with Crippen LogP contribution in [0.2, 0.25) is 5.02 Å². The largest absolute Gasteiger partial charge is 0.360 e. The summed E-state index contributed by atoms with van der Waals surface area (Å²) in [6.07, 6.45) is 1.60. The van der Waals surface area contributed by atoms with E-state index in [-0.39, 0.29) is 5.78 Å². The highest BCUT2D eigenvalue weighted by atomic mass is 35.5. The minimum Gasteiger partial charge on any atom is -0.360 e. The van der Waals surface area contributed by atoms with Crippen LogP contribution in [0, 0.1) is 5.82 Å². The first kappa shape index (κ1) is 11.9. The molecule has 94 valence electrons. The molecule has 1 heterocycles. The zero-order chi connectivity index (χ0) is 13.4. The second-order valence-corrected chi connectivity index (χ2v) is 4.61. The topological polar surface area (TPSA) is 32.9 Å². The zero-order valence-electron chi connectivity index (χ0n) is 9.78. The summed E-state index contributed by atoms with van der Waals surface area (Å²) in [5.74, 6) is -0.685. The van der Waals surface area contributed by atoms with Gasteiger partial charge in [0, 0.05) is 28.2 Å². The Balaban J connectivity index is 2.17. The Morgan fingerprint density at radius 3 is 2.74 bits per heavy atom. The van der Waals surface area contributed by atoms with E-state index in [0.29, 0.717) is 21.5 Å². The van der Waals surface area contributed by atoms with Crippen molar-refractivity contribution < 1.29 is 9.18 Å². The van der Waals surface area contributed by atoms with Crippen LogP contribution in [0.3, 0.4) is 0 Å². The minimum atomic E-state index is -0.434. The molecule has 1 N–H and O–H groups in total. The number of aromatic nitrogens is 1. The average Bonchev–Trinajstić information content (AvgIpc) is 2.83. The molecule has 0 fully saturated rings. The number of H-pyrrole nitrogens is 1. The van der Waals surface area contributed by atoms with E-state index in [1.54, 1.807) is 24.4 Å². The molecule has 3 rings (SSSR count). The van der Waals surface area contributed by atoms with Gasteiger partial charge in [0.2, 0.25) is 0 Å². The van der Waals surface area contributed by atoms with Crippen LogP contribution in [0.25, 0.3) is 10.9 Å². The highest BCUT2D eigenvalue weighted by molar-refractivity contribution is 6.37. The summed E-state index contributed by atoms with van der Waals surface area (Å²) in [5.41, 5.74) is 1.54. The van der Waals surface area contributed by atoms with Crippen LogP contribution < -0.4 is 0 Å². The van der Waals surface area contributed by atoms with Crippen molar-refractivity contribution in [3.05, 3.63) is 70.6 Å². The fourth-order valence-electron chi connectivity index (χ4n) is 2.10. The Hall–Kier alpha value is -2.13. The van der Waals surface area contributed by atoms with Crippen LogP contribution in [-0.2, 0) is 0 Å². The molecule has 3 aromatic rings. The van der Waals surface area contributed by atoms with Gasteiger partial charge in [-0.3, -0.25) is 4.79 Å². The number of carbonyl (C=O) groups is 1. The van der Waals surface area contributed by atoms with Gasteiger partial charge in [-0.1, -0.05) is 29.8 Å². The number of fused-ring (bicyclic) bond motifs is 1. The predicted molar refractivity (Wildman–Crippen MR) is 73.1 cm³/mol. The molecule has 2 nitrogen and oxygen atoms in total. The van der Waals surface area contributed by atoms with Gasteiger partial charge in [-0.15, -0.1) is 0 Å². The van der Waals surface area contributed by atoms with Gasteiger partial charge in [-0.2, -0.15) is 0 Å². The number of ketones is 1. The first-order chi connectivity index (χ1) is 9.16. The maximum absolute atomic E-state index is 13.2. The second-order valence-electron chi connectivity index (χ2n) is 4.20. The molecule has 4 heteroatoms. The lowest BCUT2D eigenvalue weighted by Crippen LogP contribution is -2.00. The highest BCUT2D eigenvalue weighted by Gasteiger charge is 2.16. The molecular weight excluding hydrogens is 265 g/mol. The number of nitrogens with one attached hydrogen (secondary N) is 1. The molecule has 0 aliphatic carbocycles. The van der Waals surface area contributed by atoms with Gasteiger partial charge in [-0.05, 0) is 24.3 Å². The summed E-state index contributed by atoms with van der Waals surface area (Å²) in [7, 11) is 0. The molecule has 0 saturated carbocycles. The molecule has 0 aliphatic heterocycles. The van der Waals surface area contributed by atoms with E-state index in [0.717, 1.165) is 5.52 Å². The van der Waals surface area contributed by atoms with E-state index in [2.05, 4.69) is 4.98 Å². The molecule has 0 atom stereocenters. The van der Waals surface area contributed by atoms with Crippen LogP contribution >= 0.6 is 11.6 Å². The van der Waals surface area contributed by atoms with Crippen molar-refractivity contribution in [1.82, 2.24) is 4.98 Å². The Kier molecular flexibility index (Phi) is 2.84. The van der Waals surface area contributed by atoms with Crippen molar-refractivity contribution in [3.63, 3.8) is 0 Å². The van der Waals surface area contributed by atoms with Gasteiger partial charge in [0.1, 0.15) is 5.82 Å². The van der Waals surface area contributed by atoms with Crippen molar-refractivity contribution in [3.8, 4) is 0 Å². The minimum absolute atomic E-state index is 0.251. The molecule has 0 radical (unpaired) electrons. The van der Waals surface area contributed by atoms with Crippen molar-refractivity contribution in [2.24, 2.45) is 0 Å². The van der Waals surface area contributed by atoms with Crippen LogP contribution in [0.4, 0.5) is 4.39 Å². The van der Waals surface area contributed by atoms with Gasteiger partial charge in [0.25, 0.3) is 0 Å². The number of carbonyl (C=O) groups excluding carboxylic acids is 1. The molecule has 0 unspecified atom stereocenters. The fraction of sp³-hybridized carbons (Fsp3) is 0. The fourth-order valence-corrected chi connectivity index (χ4v) is 2.38. The molecule has 0 spiro atoms. The van der Waals surface area contributed by atoms with Crippen molar-refractivity contribution >= 4 is 28.3 Å². The lowest BCUT2D eigenvalue weighted by atomic mass is 10.0. The summed E-state index contributed by atoms with van der Waals surface area (Å²) in [5, 5.41) is 1.16.